The molecule has 2 heterocycles. The number of rotatable bonds is 6. The van der Waals surface area contributed by atoms with Gasteiger partial charge in [-0.15, -0.1) is 11.3 Å². The SMILES string of the molecule is CCc1ccc(CNCc2ncnn2CC)s1. The molecule has 0 spiro atoms. The second-order valence-electron chi connectivity index (χ2n) is 3.82. The third kappa shape index (κ3) is 3.14. The fourth-order valence-electron chi connectivity index (χ4n) is 1.69. The van der Waals surface area contributed by atoms with Gasteiger partial charge in [0.1, 0.15) is 12.2 Å². The maximum absolute atomic E-state index is 4.23. The maximum Gasteiger partial charge on any atom is 0.140 e. The van der Waals surface area contributed by atoms with Crippen molar-refractivity contribution in [1.29, 1.82) is 0 Å². The van der Waals surface area contributed by atoms with Crippen molar-refractivity contribution in [2.24, 2.45) is 0 Å². The third-order valence-electron chi connectivity index (χ3n) is 2.64. The lowest BCUT2D eigenvalue weighted by atomic mass is 10.3. The molecule has 0 atom stereocenters. The van der Waals surface area contributed by atoms with E-state index in [1.165, 1.54) is 9.75 Å². The van der Waals surface area contributed by atoms with Crippen molar-refractivity contribution in [3.05, 3.63) is 34.0 Å². The molecule has 17 heavy (non-hydrogen) atoms. The number of thiophene rings is 1. The minimum atomic E-state index is 0.771. The Balaban J connectivity index is 1.83. The topological polar surface area (TPSA) is 42.7 Å². The number of nitrogens with one attached hydrogen (secondary N) is 1. The van der Waals surface area contributed by atoms with Crippen molar-refractivity contribution in [2.45, 2.75) is 39.9 Å². The molecule has 2 aromatic rings. The average molecular weight is 250 g/mol. The molecule has 0 amide bonds. The summed E-state index contributed by atoms with van der Waals surface area (Å²) in [6, 6.07) is 4.40. The summed E-state index contributed by atoms with van der Waals surface area (Å²) < 4.78 is 1.92. The van der Waals surface area contributed by atoms with Gasteiger partial charge in [-0.1, -0.05) is 6.92 Å². The summed E-state index contributed by atoms with van der Waals surface area (Å²) in [6.45, 7) is 6.81. The van der Waals surface area contributed by atoms with E-state index in [1.807, 2.05) is 16.0 Å². The Morgan fingerprint density at radius 3 is 2.76 bits per heavy atom. The van der Waals surface area contributed by atoms with Crippen LogP contribution in [0.2, 0.25) is 0 Å². The van der Waals surface area contributed by atoms with Crippen molar-refractivity contribution >= 4 is 11.3 Å². The molecule has 0 radical (unpaired) electrons. The highest BCUT2D eigenvalue weighted by Crippen LogP contribution is 2.16. The Kier molecular flexibility index (Phi) is 4.28. The van der Waals surface area contributed by atoms with Gasteiger partial charge in [0.15, 0.2) is 0 Å². The molecule has 92 valence electrons. The summed E-state index contributed by atoms with van der Waals surface area (Å²) >= 11 is 1.87. The van der Waals surface area contributed by atoms with Crippen LogP contribution in [0.25, 0.3) is 0 Å². The van der Waals surface area contributed by atoms with Crippen LogP contribution in [0.5, 0.6) is 0 Å². The summed E-state index contributed by atoms with van der Waals surface area (Å²) in [5.74, 6) is 1.000. The third-order valence-corrected chi connectivity index (χ3v) is 3.87. The minimum absolute atomic E-state index is 0.771. The zero-order valence-electron chi connectivity index (χ0n) is 10.3. The van der Waals surface area contributed by atoms with Gasteiger partial charge in [-0.05, 0) is 25.5 Å². The van der Waals surface area contributed by atoms with Crippen molar-refractivity contribution in [3.8, 4) is 0 Å². The van der Waals surface area contributed by atoms with E-state index < -0.39 is 0 Å². The van der Waals surface area contributed by atoms with E-state index in [1.54, 1.807) is 6.33 Å². The molecule has 0 saturated carbocycles. The predicted octanol–water partition coefficient (Wildman–Crippen LogP) is 2.21. The molecular formula is C12H18N4S. The fourth-order valence-corrected chi connectivity index (χ4v) is 2.62. The number of aromatic nitrogens is 3. The van der Waals surface area contributed by atoms with Gasteiger partial charge >= 0.3 is 0 Å². The molecule has 0 unspecified atom stereocenters. The van der Waals surface area contributed by atoms with Crippen molar-refractivity contribution in [2.75, 3.05) is 0 Å². The quantitative estimate of drug-likeness (QED) is 0.854. The summed E-state index contributed by atoms with van der Waals surface area (Å²) in [6.07, 6.45) is 2.73. The molecule has 2 aromatic heterocycles. The van der Waals surface area contributed by atoms with Crippen LogP contribution < -0.4 is 5.32 Å². The molecule has 0 aliphatic heterocycles. The highest BCUT2D eigenvalue weighted by atomic mass is 32.1. The standard InChI is InChI=1S/C12H18N4S/c1-3-10-5-6-11(17-10)7-13-8-12-14-9-15-16(12)4-2/h5-6,9,13H,3-4,7-8H2,1-2H3. The Labute approximate surface area is 106 Å². The summed E-state index contributed by atoms with van der Waals surface area (Å²) in [7, 11) is 0. The van der Waals surface area contributed by atoms with E-state index >= 15 is 0 Å². The minimum Gasteiger partial charge on any atom is -0.305 e. The van der Waals surface area contributed by atoms with Crippen molar-refractivity contribution in [1.82, 2.24) is 20.1 Å². The molecular weight excluding hydrogens is 232 g/mol. The fraction of sp³-hybridized carbons (Fsp3) is 0.500. The Morgan fingerprint density at radius 2 is 2.06 bits per heavy atom. The second-order valence-corrected chi connectivity index (χ2v) is 5.07. The van der Waals surface area contributed by atoms with Gasteiger partial charge in [-0.3, -0.25) is 0 Å². The first kappa shape index (κ1) is 12.3. The van der Waals surface area contributed by atoms with Crippen LogP contribution in [0.15, 0.2) is 18.5 Å². The van der Waals surface area contributed by atoms with E-state index in [0.717, 1.165) is 31.9 Å². The largest absolute Gasteiger partial charge is 0.305 e. The molecule has 0 bridgehead atoms. The molecule has 1 N–H and O–H groups in total. The number of hydrogen-bond acceptors (Lipinski definition) is 4. The number of nitrogens with zero attached hydrogens (tertiary/aromatic N) is 3. The molecule has 0 fully saturated rings. The van der Waals surface area contributed by atoms with Crippen LogP contribution in [0.3, 0.4) is 0 Å². The van der Waals surface area contributed by atoms with Crippen LogP contribution in [0, 0.1) is 0 Å². The molecule has 0 saturated heterocycles. The van der Waals surface area contributed by atoms with Crippen LogP contribution in [0.4, 0.5) is 0 Å². The first-order chi connectivity index (χ1) is 8.33. The first-order valence-electron chi connectivity index (χ1n) is 5.98. The van der Waals surface area contributed by atoms with Gasteiger partial charge in [-0.25, -0.2) is 9.67 Å². The van der Waals surface area contributed by atoms with E-state index in [9.17, 15) is 0 Å². The van der Waals surface area contributed by atoms with Gasteiger partial charge in [0.05, 0.1) is 6.54 Å². The van der Waals surface area contributed by atoms with Crippen molar-refractivity contribution in [3.63, 3.8) is 0 Å². The van der Waals surface area contributed by atoms with E-state index in [0.29, 0.717) is 0 Å². The number of hydrogen-bond donors (Lipinski definition) is 1. The van der Waals surface area contributed by atoms with Gasteiger partial charge in [-0.2, -0.15) is 5.10 Å². The smallest absolute Gasteiger partial charge is 0.140 e. The lowest BCUT2D eigenvalue weighted by Crippen LogP contribution is -2.16. The Bertz CT molecular complexity index is 461. The molecule has 4 nitrogen and oxygen atoms in total. The highest BCUT2D eigenvalue weighted by Gasteiger charge is 2.02. The van der Waals surface area contributed by atoms with Gasteiger partial charge in [0.25, 0.3) is 0 Å². The molecule has 0 aliphatic carbocycles. The van der Waals surface area contributed by atoms with Gasteiger partial charge < -0.3 is 5.32 Å². The van der Waals surface area contributed by atoms with Gasteiger partial charge in [0.2, 0.25) is 0 Å². The second kappa shape index (κ2) is 5.93. The monoisotopic (exact) mass is 250 g/mol. The molecule has 0 aliphatic rings. The predicted molar refractivity (Wildman–Crippen MR) is 69.9 cm³/mol. The van der Waals surface area contributed by atoms with Crippen LogP contribution in [-0.2, 0) is 26.1 Å². The van der Waals surface area contributed by atoms with Crippen LogP contribution in [-0.4, -0.2) is 14.8 Å². The Morgan fingerprint density at radius 1 is 1.24 bits per heavy atom. The number of aryl methyl sites for hydroxylation is 2. The average Bonchev–Trinajstić information content (AvgIpc) is 2.97. The van der Waals surface area contributed by atoms with Crippen molar-refractivity contribution < 1.29 is 0 Å². The van der Waals surface area contributed by atoms with Gasteiger partial charge in [0, 0.05) is 22.8 Å². The zero-order valence-corrected chi connectivity index (χ0v) is 11.1. The Hall–Kier alpha value is -1.20. The molecule has 5 heteroatoms. The lowest BCUT2D eigenvalue weighted by molar-refractivity contribution is 0.574. The summed E-state index contributed by atoms with van der Waals surface area (Å²) in [5, 5.41) is 7.55. The van der Waals surface area contributed by atoms with E-state index in [-0.39, 0.29) is 0 Å². The molecule has 2 rings (SSSR count). The summed E-state index contributed by atoms with van der Waals surface area (Å²) in [4.78, 5) is 7.05. The van der Waals surface area contributed by atoms with E-state index in [2.05, 4.69) is 41.4 Å². The first-order valence-corrected chi connectivity index (χ1v) is 6.80. The molecule has 0 aromatic carbocycles. The van der Waals surface area contributed by atoms with Crippen LogP contribution in [0.1, 0.15) is 29.4 Å². The van der Waals surface area contributed by atoms with E-state index in [4.69, 9.17) is 0 Å². The lowest BCUT2D eigenvalue weighted by Gasteiger charge is -2.04. The normalized spacial score (nSPS) is 10.9. The van der Waals surface area contributed by atoms with Crippen LogP contribution >= 0.6 is 11.3 Å². The maximum atomic E-state index is 4.23. The zero-order chi connectivity index (χ0) is 12.1. The summed E-state index contributed by atoms with van der Waals surface area (Å²) in [5.41, 5.74) is 0. The highest BCUT2D eigenvalue weighted by molar-refractivity contribution is 7.11.